The van der Waals surface area contributed by atoms with Crippen molar-refractivity contribution in [3.05, 3.63) is 77.0 Å². The summed E-state index contributed by atoms with van der Waals surface area (Å²) in [6.07, 6.45) is 4.35. The van der Waals surface area contributed by atoms with Gasteiger partial charge >= 0.3 is 0 Å². The van der Waals surface area contributed by atoms with Crippen LogP contribution in [0.3, 0.4) is 0 Å². The van der Waals surface area contributed by atoms with Gasteiger partial charge in [0.05, 0.1) is 5.52 Å². The van der Waals surface area contributed by atoms with Gasteiger partial charge in [-0.25, -0.2) is 0 Å². The second kappa shape index (κ2) is 4.81. The lowest BCUT2D eigenvalue weighted by Crippen LogP contribution is -1.96. The summed E-state index contributed by atoms with van der Waals surface area (Å²) in [7, 11) is 0. The van der Waals surface area contributed by atoms with Gasteiger partial charge in [-0.1, -0.05) is 24.3 Å². The summed E-state index contributed by atoms with van der Waals surface area (Å²) in [4.78, 5) is 17.0. The maximum absolute atomic E-state index is 12.5. The second-order valence-electron chi connectivity index (χ2n) is 5.51. The van der Waals surface area contributed by atoms with E-state index in [2.05, 4.69) is 4.98 Å². The van der Waals surface area contributed by atoms with Gasteiger partial charge in [-0.15, -0.1) is 0 Å². The van der Waals surface area contributed by atoms with Crippen LogP contribution in [0.2, 0.25) is 0 Å². The number of nitrogens with two attached hydrogens (primary N) is 1. The predicted octanol–water partition coefficient (Wildman–Crippen LogP) is 3.64. The highest BCUT2D eigenvalue weighted by Gasteiger charge is 2.24. The lowest BCUT2D eigenvalue weighted by molar-refractivity contribution is 0.104. The molecule has 0 aliphatic heterocycles. The zero-order valence-electron chi connectivity index (χ0n) is 11.9. The number of benzene rings is 2. The summed E-state index contributed by atoms with van der Waals surface area (Å²) >= 11 is 0. The van der Waals surface area contributed by atoms with Crippen LogP contribution in [0.15, 0.2) is 60.3 Å². The maximum atomic E-state index is 12.5. The van der Waals surface area contributed by atoms with Crippen LogP contribution in [-0.4, -0.2) is 10.8 Å². The van der Waals surface area contributed by atoms with Crippen molar-refractivity contribution in [2.24, 2.45) is 0 Å². The molecule has 0 spiro atoms. The molecule has 1 aromatic heterocycles. The number of allylic oxidation sites excluding steroid dienone is 1. The third-order valence-electron chi connectivity index (χ3n) is 4.04. The highest BCUT2D eigenvalue weighted by Crippen LogP contribution is 2.30. The van der Waals surface area contributed by atoms with Crippen LogP contribution in [0.25, 0.3) is 17.0 Å². The van der Waals surface area contributed by atoms with Crippen molar-refractivity contribution < 1.29 is 4.79 Å². The second-order valence-corrected chi connectivity index (χ2v) is 5.51. The lowest BCUT2D eigenvalue weighted by Gasteiger charge is -2.02. The number of hydrogen-bond acceptors (Lipinski definition) is 3. The summed E-state index contributed by atoms with van der Waals surface area (Å²) in [5.74, 6) is 0.0861. The molecule has 2 aromatic carbocycles. The fourth-order valence-corrected chi connectivity index (χ4v) is 2.99. The summed E-state index contributed by atoms with van der Waals surface area (Å²) in [6.45, 7) is 0. The molecule has 0 unspecified atom stereocenters. The standard InChI is InChI=1S/C19H14N2O/c20-16-6-7-17-14(11-16)10-15(19(17)22)9-13-4-1-3-12-5-2-8-21-18(12)13/h1-9,11H,10,20H2/b15-9+. The molecule has 1 aliphatic carbocycles. The number of nitrogens with zero attached hydrogens (tertiary/aromatic N) is 1. The van der Waals surface area contributed by atoms with E-state index in [-0.39, 0.29) is 5.78 Å². The molecule has 3 nitrogen and oxygen atoms in total. The van der Waals surface area contributed by atoms with E-state index >= 15 is 0 Å². The molecule has 1 heterocycles. The molecular weight excluding hydrogens is 272 g/mol. The van der Waals surface area contributed by atoms with Gasteiger partial charge in [-0.3, -0.25) is 9.78 Å². The normalized spacial score (nSPS) is 15.5. The fraction of sp³-hybridized carbons (Fsp3) is 0.0526. The van der Waals surface area contributed by atoms with Gasteiger partial charge < -0.3 is 5.73 Å². The summed E-state index contributed by atoms with van der Waals surface area (Å²) in [6, 6.07) is 15.4. The lowest BCUT2D eigenvalue weighted by atomic mass is 10.0. The smallest absolute Gasteiger partial charge is 0.189 e. The van der Waals surface area contributed by atoms with Gasteiger partial charge in [0.25, 0.3) is 0 Å². The molecule has 106 valence electrons. The minimum atomic E-state index is 0.0861. The Morgan fingerprint density at radius 2 is 1.95 bits per heavy atom. The molecule has 0 radical (unpaired) electrons. The van der Waals surface area contributed by atoms with Gasteiger partial charge in [0.2, 0.25) is 0 Å². The molecule has 0 fully saturated rings. The van der Waals surface area contributed by atoms with Crippen LogP contribution in [0.5, 0.6) is 0 Å². The Hall–Kier alpha value is -2.94. The number of aromatic nitrogens is 1. The Balaban J connectivity index is 1.82. The molecule has 3 heteroatoms. The number of Topliss-reactive ketones (excluding diaryl/α,β-unsaturated/α-hetero) is 1. The first-order valence-electron chi connectivity index (χ1n) is 7.20. The van der Waals surface area contributed by atoms with Gasteiger partial charge in [0.1, 0.15) is 0 Å². The van der Waals surface area contributed by atoms with Crippen molar-refractivity contribution >= 4 is 28.4 Å². The highest BCUT2D eigenvalue weighted by molar-refractivity contribution is 6.16. The zero-order valence-corrected chi connectivity index (χ0v) is 11.9. The third kappa shape index (κ3) is 1.99. The Kier molecular flexibility index (Phi) is 2.79. The minimum absolute atomic E-state index is 0.0861. The zero-order chi connectivity index (χ0) is 15.1. The number of anilines is 1. The Bertz CT molecular complexity index is 936. The van der Waals surface area contributed by atoms with Crippen molar-refractivity contribution in [2.75, 3.05) is 5.73 Å². The first kappa shape index (κ1) is 12.8. The van der Waals surface area contributed by atoms with Gasteiger partial charge in [-0.05, 0) is 35.9 Å². The monoisotopic (exact) mass is 286 g/mol. The Morgan fingerprint density at radius 1 is 1.09 bits per heavy atom. The molecule has 0 atom stereocenters. The van der Waals surface area contributed by atoms with Crippen LogP contribution < -0.4 is 5.73 Å². The van der Waals surface area contributed by atoms with Crippen molar-refractivity contribution in [1.82, 2.24) is 4.98 Å². The molecule has 22 heavy (non-hydrogen) atoms. The summed E-state index contributed by atoms with van der Waals surface area (Å²) in [5, 5.41) is 1.07. The van der Waals surface area contributed by atoms with E-state index in [9.17, 15) is 4.79 Å². The van der Waals surface area contributed by atoms with E-state index in [1.54, 1.807) is 12.3 Å². The fourth-order valence-electron chi connectivity index (χ4n) is 2.99. The van der Waals surface area contributed by atoms with E-state index in [4.69, 9.17) is 5.73 Å². The van der Waals surface area contributed by atoms with Crippen molar-refractivity contribution in [2.45, 2.75) is 6.42 Å². The highest BCUT2D eigenvalue weighted by atomic mass is 16.1. The maximum Gasteiger partial charge on any atom is 0.189 e. The molecule has 1 aliphatic rings. The predicted molar refractivity (Wildman–Crippen MR) is 88.6 cm³/mol. The van der Waals surface area contributed by atoms with Crippen molar-refractivity contribution in [3.8, 4) is 0 Å². The van der Waals surface area contributed by atoms with Gasteiger partial charge in [-0.2, -0.15) is 0 Å². The first-order valence-corrected chi connectivity index (χ1v) is 7.20. The molecule has 2 N–H and O–H groups in total. The topological polar surface area (TPSA) is 56.0 Å². The molecule has 0 amide bonds. The number of nitrogen functional groups attached to an aromatic ring is 1. The van der Waals surface area contributed by atoms with Crippen molar-refractivity contribution in [1.29, 1.82) is 0 Å². The van der Waals surface area contributed by atoms with E-state index in [1.165, 1.54) is 0 Å². The average Bonchev–Trinajstić information content (AvgIpc) is 2.83. The van der Waals surface area contributed by atoms with E-state index < -0.39 is 0 Å². The molecule has 3 aromatic rings. The molecule has 0 saturated carbocycles. The first-order chi connectivity index (χ1) is 10.7. The minimum Gasteiger partial charge on any atom is -0.399 e. The third-order valence-corrected chi connectivity index (χ3v) is 4.04. The Morgan fingerprint density at radius 3 is 2.86 bits per heavy atom. The van der Waals surface area contributed by atoms with E-state index in [0.717, 1.165) is 33.2 Å². The molecule has 0 saturated heterocycles. The number of rotatable bonds is 1. The molecular formula is C19H14N2O. The van der Waals surface area contributed by atoms with Crippen LogP contribution in [0.4, 0.5) is 5.69 Å². The molecule has 4 rings (SSSR count). The van der Waals surface area contributed by atoms with E-state index in [1.807, 2.05) is 48.5 Å². The van der Waals surface area contributed by atoms with Gasteiger partial charge in [0, 0.05) is 40.4 Å². The number of carbonyl (C=O) groups excluding carboxylic acids is 1. The quantitative estimate of drug-likeness (QED) is 0.549. The van der Waals surface area contributed by atoms with E-state index in [0.29, 0.717) is 12.1 Å². The number of ketones is 1. The van der Waals surface area contributed by atoms with Crippen LogP contribution in [-0.2, 0) is 6.42 Å². The number of hydrogen-bond donors (Lipinski definition) is 1. The SMILES string of the molecule is Nc1ccc2c(c1)C/C(=C\c1cccc3cccnc13)C2=O. The largest absolute Gasteiger partial charge is 0.399 e. The Labute approximate surface area is 128 Å². The number of carbonyl (C=O) groups is 1. The summed E-state index contributed by atoms with van der Waals surface area (Å²) < 4.78 is 0. The van der Waals surface area contributed by atoms with Crippen LogP contribution in [0.1, 0.15) is 21.5 Å². The number of pyridine rings is 1. The summed E-state index contributed by atoms with van der Waals surface area (Å²) in [5.41, 5.74) is 10.9. The number of para-hydroxylation sites is 1. The van der Waals surface area contributed by atoms with Crippen LogP contribution >= 0.6 is 0 Å². The number of fused-ring (bicyclic) bond motifs is 2. The van der Waals surface area contributed by atoms with Crippen molar-refractivity contribution in [3.63, 3.8) is 0 Å². The van der Waals surface area contributed by atoms with Gasteiger partial charge in [0.15, 0.2) is 5.78 Å². The average molecular weight is 286 g/mol. The molecule has 0 bridgehead atoms. The van der Waals surface area contributed by atoms with Crippen LogP contribution in [0, 0.1) is 0 Å².